The highest BCUT2D eigenvalue weighted by Crippen LogP contribution is 2.26. The molecule has 0 aromatic heterocycles. The minimum Gasteiger partial charge on any atom is -0.338 e. The van der Waals surface area contributed by atoms with Gasteiger partial charge in [0.2, 0.25) is 10.0 Å². The van der Waals surface area contributed by atoms with Crippen molar-refractivity contribution in [2.24, 2.45) is 0 Å². The van der Waals surface area contributed by atoms with Crippen LogP contribution in [-0.4, -0.2) is 52.2 Å². The van der Waals surface area contributed by atoms with E-state index < -0.39 is 51.3 Å². The zero-order valence-corrected chi connectivity index (χ0v) is 21.3. The fraction of sp³-hybridized carbons (Fsp3) is 0.250. The highest BCUT2D eigenvalue weighted by atomic mass is 32.2. The first-order chi connectivity index (χ1) is 16.0. The maximum atomic E-state index is 12.1. The molecule has 0 fully saturated rings. The number of amides is 2. The molecule has 12 nitrogen and oxygen atoms in total. The van der Waals surface area contributed by atoms with Crippen LogP contribution >= 0.6 is 0 Å². The maximum Gasteiger partial charge on any atom is 0.319 e. The van der Waals surface area contributed by atoms with E-state index >= 15 is 0 Å². The summed E-state index contributed by atoms with van der Waals surface area (Å²) in [5.41, 5.74) is -0.186. The van der Waals surface area contributed by atoms with Crippen molar-refractivity contribution in [2.75, 3.05) is 16.6 Å². The molecule has 0 heterocycles. The molecule has 0 aliphatic carbocycles. The van der Waals surface area contributed by atoms with Crippen molar-refractivity contribution >= 4 is 59.8 Å². The molecule has 35 heavy (non-hydrogen) atoms. The molecule has 0 radical (unpaired) electrons. The van der Waals surface area contributed by atoms with E-state index in [1.807, 2.05) is 0 Å². The van der Waals surface area contributed by atoms with Gasteiger partial charge in [-0.15, -0.1) is 0 Å². The molecule has 2 aromatic rings. The Balaban J connectivity index is 2.52. The third-order valence-electron chi connectivity index (χ3n) is 4.50. The summed E-state index contributed by atoms with van der Waals surface area (Å²) >= 11 is 0. The van der Waals surface area contributed by atoms with Crippen LogP contribution < -0.4 is 15.4 Å². The van der Waals surface area contributed by atoms with Crippen molar-refractivity contribution in [3.8, 4) is 0 Å². The van der Waals surface area contributed by atoms with Gasteiger partial charge in [0.1, 0.15) is 9.79 Å². The van der Waals surface area contributed by atoms with Crippen molar-refractivity contribution in [2.45, 2.75) is 35.8 Å². The molecule has 192 valence electrons. The van der Waals surface area contributed by atoms with Crippen molar-refractivity contribution < 1.29 is 39.2 Å². The lowest BCUT2D eigenvalue weighted by Crippen LogP contribution is -2.28. The summed E-state index contributed by atoms with van der Waals surface area (Å²) in [6.07, 6.45) is 2.33. The van der Waals surface area contributed by atoms with Gasteiger partial charge in [-0.1, -0.05) is 24.3 Å². The van der Waals surface area contributed by atoms with E-state index in [0.29, 0.717) is 6.54 Å². The number of carbonyl (C=O) groups is 1. The van der Waals surface area contributed by atoms with Gasteiger partial charge < -0.3 is 10.6 Å². The van der Waals surface area contributed by atoms with E-state index in [1.165, 1.54) is 44.2 Å². The molecule has 0 aliphatic heterocycles. The first-order valence-electron chi connectivity index (χ1n) is 10.0. The summed E-state index contributed by atoms with van der Waals surface area (Å²) < 4.78 is 93.2. The Morgan fingerprint density at radius 2 is 1.31 bits per heavy atom. The molecule has 2 rings (SSSR count). The SMILES string of the molecule is CCNC(=O)Nc1ccc(/C=C/c2ccc(NS(=O)(=O)C(C)C)cc2S(=O)(=O)O)c(S(=O)(=O)O)c1. The molecule has 2 aromatic carbocycles. The molecular weight excluding hydrogens is 522 g/mol. The lowest BCUT2D eigenvalue weighted by atomic mass is 10.1. The largest absolute Gasteiger partial charge is 0.338 e. The number of nitrogens with one attached hydrogen (secondary N) is 3. The van der Waals surface area contributed by atoms with Crippen LogP contribution in [0.3, 0.4) is 0 Å². The van der Waals surface area contributed by atoms with Crippen molar-refractivity contribution in [3.05, 3.63) is 47.5 Å². The molecule has 0 atom stereocenters. The van der Waals surface area contributed by atoms with Gasteiger partial charge in [-0.05, 0) is 56.2 Å². The molecule has 0 saturated heterocycles. The summed E-state index contributed by atoms with van der Waals surface area (Å²) in [4.78, 5) is 10.5. The first-order valence-corrected chi connectivity index (χ1v) is 14.4. The third-order valence-corrected chi connectivity index (χ3v) is 8.08. The molecule has 0 spiro atoms. The van der Waals surface area contributed by atoms with Crippen LogP contribution in [0.1, 0.15) is 31.9 Å². The second-order valence-electron chi connectivity index (χ2n) is 7.47. The number of urea groups is 1. The van der Waals surface area contributed by atoms with Crippen LogP contribution in [0.5, 0.6) is 0 Å². The number of hydrogen-bond acceptors (Lipinski definition) is 7. The Kier molecular flexibility index (Phi) is 8.67. The van der Waals surface area contributed by atoms with Crippen molar-refractivity contribution in [3.63, 3.8) is 0 Å². The standard InChI is InChI=1S/C20H25N3O9S3/c1-4-21-20(24)22-16-9-7-14(18(11-16)34(27,28)29)5-6-15-8-10-17(12-19(15)35(30,31)32)23-33(25,26)13(2)3/h5-13,23H,4H2,1-3H3,(H2,21,22,24)(H,27,28,29)(H,30,31,32)/b6-5+. The Hall–Kier alpha value is -2.98. The van der Waals surface area contributed by atoms with Crippen LogP contribution in [0.25, 0.3) is 12.2 Å². The zero-order valence-electron chi connectivity index (χ0n) is 18.9. The van der Waals surface area contributed by atoms with Gasteiger partial charge >= 0.3 is 6.03 Å². The Bertz CT molecular complexity index is 1460. The van der Waals surface area contributed by atoms with Gasteiger partial charge in [0.15, 0.2) is 0 Å². The van der Waals surface area contributed by atoms with Crippen molar-refractivity contribution in [1.29, 1.82) is 0 Å². The van der Waals surface area contributed by atoms with E-state index in [9.17, 15) is 39.2 Å². The molecule has 0 bridgehead atoms. The van der Waals surface area contributed by atoms with E-state index in [2.05, 4.69) is 15.4 Å². The molecule has 0 unspecified atom stereocenters. The smallest absolute Gasteiger partial charge is 0.319 e. The Morgan fingerprint density at radius 1 is 0.857 bits per heavy atom. The van der Waals surface area contributed by atoms with E-state index in [-0.39, 0.29) is 22.5 Å². The van der Waals surface area contributed by atoms with E-state index in [1.54, 1.807) is 6.92 Å². The summed E-state index contributed by atoms with van der Waals surface area (Å²) in [7, 11) is -13.4. The molecule has 2 amide bonds. The summed E-state index contributed by atoms with van der Waals surface area (Å²) in [6.45, 7) is 4.86. The number of benzene rings is 2. The van der Waals surface area contributed by atoms with Crippen LogP contribution in [-0.2, 0) is 30.3 Å². The molecule has 5 N–H and O–H groups in total. The summed E-state index contributed by atoms with van der Waals surface area (Å²) in [5, 5.41) is 4.05. The number of sulfonamides is 1. The fourth-order valence-corrected chi connectivity index (χ4v) is 4.84. The topological polar surface area (TPSA) is 196 Å². The van der Waals surface area contributed by atoms with Crippen LogP contribution in [0.2, 0.25) is 0 Å². The zero-order chi connectivity index (χ0) is 26.6. The number of anilines is 2. The Labute approximate surface area is 204 Å². The number of carbonyl (C=O) groups excluding carboxylic acids is 1. The minimum atomic E-state index is -4.81. The highest BCUT2D eigenvalue weighted by molar-refractivity contribution is 7.93. The second kappa shape index (κ2) is 10.7. The van der Waals surface area contributed by atoms with Gasteiger partial charge in [-0.2, -0.15) is 16.8 Å². The maximum absolute atomic E-state index is 12.1. The molecule has 0 aliphatic rings. The van der Waals surface area contributed by atoms with Gasteiger partial charge in [0.05, 0.1) is 5.25 Å². The monoisotopic (exact) mass is 547 g/mol. The fourth-order valence-electron chi connectivity index (χ4n) is 2.73. The molecule has 0 saturated carbocycles. The van der Waals surface area contributed by atoms with Crippen LogP contribution in [0, 0.1) is 0 Å². The lowest BCUT2D eigenvalue weighted by molar-refractivity contribution is 0.252. The van der Waals surface area contributed by atoms with Gasteiger partial charge in [-0.25, -0.2) is 13.2 Å². The van der Waals surface area contributed by atoms with Crippen LogP contribution in [0.15, 0.2) is 46.2 Å². The average molecular weight is 548 g/mol. The summed E-state index contributed by atoms with van der Waals surface area (Å²) in [6, 6.07) is 6.42. The Morgan fingerprint density at radius 3 is 1.74 bits per heavy atom. The second-order valence-corrected chi connectivity index (χ2v) is 12.5. The number of rotatable bonds is 9. The predicted octanol–water partition coefficient (Wildman–Crippen LogP) is 2.64. The normalized spacial score (nSPS) is 12.6. The van der Waals surface area contributed by atoms with E-state index in [4.69, 9.17) is 0 Å². The predicted molar refractivity (Wildman–Crippen MR) is 132 cm³/mol. The lowest BCUT2D eigenvalue weighted by Gasteiger charge is -2.12. The average Bonchev–Trinajstić information content (AvgIpc) is 2.71. The van der Waals surface area contributed by atoms with Crippen LogP contribution in [0.4, 0.5) is 16.2 Å². The minimum absolute atomic E-state index is 0.0557. The summed E-state index contributed by atoms with van der Waals surface area (Å²) in [5.74, 6) is 0. The van der Waals surface area contributed by atoms with E-state index in [0.717, 1.165) is 18.2 Å². The first kappa shape index (κ1) is 28.3. The van der Waals surface area contributed by atoms with Gasteiger partial charge in [0, 0.05) is 17.9 Å². The third kappa shape index (κ3) is 7.76. The van der Waals surface area contributed by atoms with Crippen molar-refractivity contribution in [1.82, 2.24) is 5.32 Å². The molecular formula is C20H25N3O9S3. The quantitative estimate of drug-likeness (QED) is 0.231. The van der Waals surface area contributed by atoms with Gasteiger partial charge in [-0.3, -0.25) is 13.8 Å². The number of hydrogen-bond donors (Lipinski definition) is 5. The highest BCUT2D eigenvalue weighted by Gasteiger charge is 2.20. The van der Waals surface area contributed by atoms with Gasteiger partial charge in [0.25, 0.3) is 20.2 Å². The molecule has 15 heteroatoms.